The van der Waals surface area contributed by atoms with Crippen molar-refractivity contribution in [3.05, 3.63) is 40.8 Å². The number of amides is 1. The molecule has 4 rings (SSSR count). The lowest BCUT2D eigenvalue weighted by atomic mass is 10.0. The van der Waals surface area contributed by atoms with Gasteiger partial charge in [0.25, 0.3) is 10.0 Å². The molecule has 1 aromatic carbocycles. The summed E-state index contributed by atoms with van der Waals surface area (Å²) in [5, 5.41) is 2.40. The first-order valence-corrected chi connectivity index (χ1v) is 14.7. The van der Waals surface area contributed by atoms with Gasteiger partial charge in [-0.3, -0.25) is 9.69 Å². The fourth-order valence-electron chi connectivity index (χ4n) is 4.47. The topological polar surface area (TPSA) is 73.8 Å². The minimum atomic E-state index is -3.72. The number of sulfonamides is 1. The highest BCUT2D eigenvalue weighted by Crippen LogP contribution is 2.35. The molecule has 1 atom stereocenters. The number of carbonyl (C=O) groups excluding carboxylic acids is 1. The molecule has 34 heavy (non-hydrogen) atoms. The summed E-state index contributed by atoms with van der Waals surface area (Å²) in [6, 6.07) is 6.80. The van der Waals surface area contributed by atoms with Crippen LogP contribution >= 0.6 is 22.7 Å². The minimum absolute atomic E-state index is 0.174. The van der Waals surface area contributed by atoms with Gasteiger partial charge in [-0.2, -0.15) is 4.31 Å². The molecule has 10 heteroatoms. The van der Waals surface area contributed by atoms with Crippen LogP contribution in [-0.4, -0.2) is 68.3 Å². The van der Waals surface area contributed by atoms with Gasteiger partial charge >= 0.3 is 0 Å². The van der Waals surface area contributed by atoms with E-state index < -0.39 is 16.1 Å². The van der Waals surface area contributed by atoms with Crippen molar-refractivity contribution >= 4 is 54.0 Å². The Morgan fingerprint density at radius 2 is 2.00 bits per heavy atom. The van der Waals surface area contributed by atoms with E-state index in [1.807, 2.05) is 27.1 Å². The molecular weight excluding hydrogens is 488 g/mol. The Morgan fingerprint density at radius 3 is 2.71 bits per heavy atom. The second-order valence-electron chi connectivity index (χ2n) is 9.13. The van der Waals surface area contributed by atoms with Crippen LogP contribution in [-0.2, 0) is 14.8 Å². The number of benzene rings is 1. The summed E-state index contributed by atoms with van der Waals surface area (Å²) in [7, 11) is 0.292. The maximum Gasteiger partial charge on any atom is 0.253 e. The molecule has 1 unspecified atom stereocenters. The number of thiophene rings is 1. The minimum Gasteiger partial charge on any atom is -0.309 e. The second-order valence-corrected chi connectivity index (χ2v) is 13.2. The first-order chi connectivity index (χ1) is 16.2. The number of piperidine rings is 1. The van der Waals surface area contributed by atoms with Crippen molar-refractivity contribution in [3.63, 3.8) is 0 Å². The van der Waals surface area contributed by atoms with Gasteiger partial charge in [-0.25, -0.2) is 13.4 Å². The first kappa shape index (κ1) is 25.2. The number of aryl methyl sites for hydroxylation is 2. The van der Waals surface area contributed by atoms with Crippen LogP contribution in [0.25, 0.3) is 10.2 Å². The highest BCUT2D eigenvalue weighted by atomic mass is 32.2. The number of anilines is 1. The molecule has 7 nitrogen and oxygen atoms in total. The standard InChI is InChI=1S/C24H32N4O3S3/c1-17-15-18(2)22-19(16-17)25-24(33-22)27(12-8-11-26(3)4)23(29)20-9-5-6-13-28(20)34(30,31)21-10-7-14-32-21/h7,10,14-16,20H,5-6,8-9,11-13H2,1-4H3. The number of fused-ring (bicyclic) bond motifs is 1. The summed E-state index contributed by atoms with van der Waals surface area (Å²) in [6.45, 7) is 5.79. The summed E-state index contributed by atoms with van der Waals surface area (Å²) in [6.07, 6.45) is 2.89. The molecule has 0 bridgehead atoms. The van der Waals surface area contributed by atoms with Crippen LogP contribution in [0.3, 0.4) is 0 Å². The van der Waals surface area contributed by atoms with Crippen LogP contribution in [0.5, 0.6) is 0 Å². The van der Waals surface area contributed by atoms with Gasteiger partial charge in [0, 0.05) is 13.1 Å². The zero-order valence-electron chi connectivity index (χ0n) is 20.2. The lowest BCUT2D eigenvalue weighted by Crippen LogP contribution is -2.53. The van der Waals surface area contributed by atoms with Crippen molar-refractivity contribution in [1.29, 1.82) is 0 Å². The van der Waals surface area contributed by atoms with Crippen LogP contribution in [0.1, 0.15) is 36.8 Å². The molecule has 1 aliphatic heterocycles. The average molecular weight is 521 g/mol. The third-order valence-electron chi connectivity index (χ3n) is 6.09. The number of thiazole rings is 1. The zero-order chi connectivity index (χ0) is 24.5. The van der Waals surface area contributed by atoms with Gasteiger partial charge in [-0.05, 0) is 82.4 Å². The molecule has 1 amide bonds. The van der Waals surface area contributed by atoms with E-state index in [9.17, 15) is 13.2 Å². The summed E-state index contributed by atoms with van der Waals surface area (Å²) in [5.74, 6) is -0.174. The molecule has 0 aliphatic carbocycles. The fourth-order valence-corrected chi connectivity index (χ4v) is 8.29. The van der Waals surface area contributed by atoms with Crippen molar-refractivity contribution < 1.29 is 13.2 Å². The largest absolute Gasteiger partial charge is 0.309 e. The molecule has 1 aliphatic rings. The molecule has 184 valence electrons. The predicted octanol–water partition coefficient (Wildman–Crippen LogP) is 4.50. The lowest BCUT2D eigenvalue weighted by Gasteiger charge is -2.36. The smallest absolute Gasteiger partial charge is 0.253 e. The van der Waals surface area contributed by atoms with Gasteiger partial charge in [0.1, 0.15) is 10.3 Å². The molecule has 2 aromatic heterocycles. The van der Waals surface area contributed by atoms with Crippen LogP contribution in [0, 0.1) is 13.8 Å². The van der Waals surface area contributed by atoms with E-state index in [1.54, 1.807) is 22.4 Å². The number of hydrogen-bond donors (Lipinski definition) is 0. The Hall–Kier alpha value is -1.85. The monoisotopic (exact) mass is 520 g/mol. The number of hydrogen-bond acceptors (Lipinski definition) is 7. The number of carbonyl (C=O) groups is 1. The third-order valence-corrected chi connectivity index (χ3v) is 10.6. The van der Waals surface area contributed by atoms with Gasteiger partial charge in [0.2, 0.25) is 5.91 Å². The van der Waals surface area contributed by atoms with E-state index in [1.165, 1.54) is 27.0 Å². The maximum atomic E-state index is 14.0. The molecule has 3 aromatic rings. The molecule has 3 heterocycles. The molecule has 0 N–H and O–H groups in total. The van der Waals surface area contributed by atoms with Gasteiger partial charge < -0.3 is 4.90 Å². The van der Waals surface area contributed by atoms with Crippen LogP contribution in [0.15, 0.2) is 33.9 Å². The molecule has 0 saturated carbocycles. The van der Waals surface area contributed by atoms with Crippen molar-refractivity contribution in [3.8, 4) is 0 Å². The van der Waals surface area contributed by atoms with Gasteiger partial charge in [0.05, 0.1) is 10.2 Å². The third kappa shape index (κ3) is 5.21. The van der Waals surface area contributed by atoms with Crippen molar-refractivity contribution in [1.82, 2.24) is 14.2 Å². The summed E-state index contributed by atoms with van der Waals surface area (Å²) < 4.78 is 29.6. The molecule has 0 radical (unpaired) electrons. The second kappa shape index (κ2) is 10.4. The number of rotatable bonds is 8. The van der Waals surface area contributed by atoms with Crippen LogP contribution < -0.4 is 4.90 Å². The van der Waals surface area contributed by atoms with Crippen molar-refractivity contribution in [2.75, 3.05) is 38.6 Å². The molecule has 1 fully saturated rings. The highest BCUT2D eigenvalue weighted by molar-refractivity contribution is 7.91. The van der Waals surface area contributed by atoms with E-state index in [0.29, 0.717) is 24.6 Å². The van der Waals surface area contributed by atoms with E-state index >= 15 is 0 Å². The molecular formula is C24H32N4O3S3. The Kier molecular flexibility index (Phi) is 7.73. The number of nitrogens with zero attached hydrogens (tertiary/aromatic N) is 4. The number of aromatic nitrogens is 1. The highest BCUT2D eigenvalue weighted by Gasteiger charge is 2.40. The normalized spacial score (nSPS) is 17.5. The Balaban J connectivity index is 1.70. The maximum absolute atomic E-state index is 14.0. The fraction of sp³-hybridized carbons (Fsp3) is 0.500. The Labute approximate surface area is 210 Å². The summed E-state index contributed by atoms with van der Waals surface area (Å²) in [5.41, 5.74) is 3.15. The van der Waals surface area contributed by atoms with E-state index in [-0.39, 0.29) is 10.1 Å². The van der Waals surface area contributed by atoms with Crippen molar-refractivity contribution in [2.24, 2.45) is 0 Å². The van der Waals surface area contributed by atoms with Gasteiger partial charge in [0.15, 0.2) is 5.13 Å². The van der Waals surface area contributed by atoms with Crippen molar-refractivity contribution in [2.45, 2.75) is 49.8 Å². The SMILES string of the molecule is Cc1cc(C)c2sc(N(CCCN(C)C)C(=O)C3CCCCN3S(=O)(=O)c3cccs3)nc2c1. The van der Waals surface area contributed by atoms with E-state index in [2.05, 4.69) is 17.9 Å². The van der Waals surface area contributed by atoms with Crippen LogP contribution in [0.2, 0.25) is 0 Å². The Morgan fingerprint density at radius 1 is 1.21 bits per heavy atom. The predicted molar refractivity (Wildman–Crippen MR) is 140 cm³/mol. The summed E-state index contributed by atoms with van der Waals surface area (Å²) >= 11 is 2.71. The van der Waals surface area contributed by atoms with E-state index in [0.717, 1.165) is 47.2 Å². The zero-order valence-corrected chi connectivity index (χ0v) is 22.6. The van der Waals surface area contributed by atoms with E-state index in [4.69, 9.17) is 4.98 Å². The van der Waals surface area contributed by atoms with Gasteiger partial charge in [-0.15, -0.1) is 11.3 Å². The quantitative estimate of drug-likeness (QED) is 0.437. The molecule has 0 spiro atoms. The first-order valence-electron chi connectivity index (χ1n) is 11.6. The lowest BCUT2D eigenvalue weighted by molar-refractivity contribution is -0.123. The van der Waals surface area contributed by atoms with Gasteiger partial charge in [-0.1, -0.05) is 29.9 Å². The average Bonchev–Trinajstić information content (AvgIpc) is 3.47. The van der Waals surface area contributed by atoms with Crippen LogP contribution in [0.4, 0.5) is 5.13 Å². The Bertz CT molecular complexity index is 1250. The molecule has 1 saturated heterocycles. The summed E-state index contributed by atoms with van der Waals surface area (Å²) in [4.78, 5) is 22.7.